The molecule has 0 radical (unpaired) electrons. The summed E-state index contributed by atoms with van der Waals surface area (Å²) >= 11 is 0. The van der Waals surface area contributed by atoms with Crippen LogP contribution in [0.1, 0.15) is 36.2 Å². The minimum Gasteiger partial charge on any atom is -0.487 e. The monoisotopic (exact) mass is 395 g/mol. The van der Waals surface area contributed by atoms with Crippen LogP contribution in [0.15, 0.2) is 41.1 Å². The van der Waals surface area contributed by atoms with E-state index in [4.69, 9.17) is 14.4 Å². The second kappa shape index (κ2) is 8.51. The number of hydrogen-bond acceptors (Lipinski definition) is 5. The number of ether oxygens (including phenoxy) is 1. The topological polar surface area (TPSA) is 88.7 Å². The number of carbonyl (C=O) groups is 1. The van der Waals surface area contributed by atoms with Gasteiger partial charge in [-0.1, -0.05) is 11.2 Å². The maximum Gasteiger partial charge on any atom is 0.407 e. The molecule has 29 heavy (non-hydrogen) atoms. The van der Waals surface area contributed by atoms with Gasteiger partial charge in [0.15, 0.2) is 5.58 Å². The molecule has 0 spiro atoms. The summed E-state index contributed by atoms with van der Waals surface area (Å²) in [7, 11) is 0. The van der Waals surface area contributed by atoms with Crippen molar-refractivity contribution in [2.24, 2.45) is 5.92 Å². The van der Waals surface area contributed by atoms with Crippen LogP contribution in [0.2, 0.25) is 0 Å². The average Bonchev–Trinajstić information content (AvgIpc) is 3.17. The van der Waals surface area contributed by atoms with Crippen LogP contribution in [-0.4, -0.2) is 39.3 Å². The van der Waals surface area contributed by atoms with E-state index in [0.717, 1.165) is 59.4 Å². The number of carboxylic acid groups (broad SMARTS) is 1. The number of fused-ring (bicyclic) bond motifs is 1. The Balaban J connectivity index is 1.39. The van der Waals surface area contributed by atoms with Crippen molar-refractivity contribution in [3.8, 4) is 5.75 Å². The molecule has 152 valence electrons. The minimum atomic E-state index is -0.817. The molecular weight excluding hydrogens is 370 g/mol. The minimum absolute atomic E-state index is 0.406. The number of piperidine rings is 1. The molecule has 0 unspecified atom stereocenters. The van der Waals surface area contributed by atoms with E-state index in [-0.39, 0.29) is 0 Å². The number of aryl methyl sites for hydroxylation is 2. The van der Waals surface area contributed by atoms with Crippen LogP contribution in [0, 0.1) is 12.8 Å². The molecular formula is C22H25N3O4. The molecule has 7 heteroatoms. The zero-order chi connectivity index (χ0) is 20.2. The lowest BCUT2D eigenvalue weighted by molar-refractivity contribution is 0.123. The molecule has 1 aliphatic heterocycles. The second-order valence-corrected chi connectivity index (χ2v) is 7.56. The third kappa shape index (κ3) is 4.34. The SMILES string of the molecule is Cc1c(OCc2ccccn2)ccc2c(CCC3CCN(C(=O)O)CC3)noc12. The van der Waals surface area contributed by atoms with Crippen molar-refractivity contribution >= 4 is 17.1 Å². The van der Waals surface area contributed by atoms with Crippen molar-refractivity contribution in [2.75, 3.05) is 13.1 Å². The van der Waals surface area contributed by atoms with E-state index in [2.05, 4.69) is 10.1 Å². The molecule has 3 heterocycles. The van der Waals surface area contributed by atoms with E-state index < -0.39 is 6.09 Å². The van der Waals surface area contributed by atoms with Crippen molar-refractivity contribution < 1.29 is 19.2 Å². The summed E-state index contributed by atoms with van der Waals surface area (Å²) in [6.45, 7) is 3.63. The normalized spacial score (nSPS) is 15.0. The Morgan fingerprint density at radius 2 is 2.10 bits per heavy atom. The van der Waals surface area contributed by atoms with Crippen LogP contribution < -0.4 is 4.74 Å². The molecule has 0 atom stereocenters. The third-order valence-electron chi connectivity index (χ3n) is 5.69. The number of benzene rings is 1. The highest BCUT2D eigenvalue weighted by Crippen LogP contribution is 2.31. The van der Waals surface area contributed by atoms with Gasteiger partial charge >= 0.3 is 6.09 Å². The number of nitrogens with zero attached hydrogens (tertiary/aromatic N) is 3. The lowest BCUT2D eigenvalue weighted by atomic mass is 9.91. The number of pyridine rings is 1. The number of amides is 1. The van der Waals surface area contributed by atoms with Gasteiger partial charge in [-0.25, -0.2) is 4.79 Å². The van der Waals surface area contributed by atoms with Gasteiger partial charge in [0.2, 0.25) is 0 Å². The highest BCUT2D eigenvalue weighted by molar-refractivity contribution is 5.84. The molecule has 1 aliphatic rings. The van der Waals surface area contributed by atoms with Crippen molar-refractivity contribution in [1.82, 2.24) is 15.0 Å². The van der Waals surface area contributed by atoms with Gasteiger partial charge in [0, 0.05) is 30.2 Å². The molecule has 1 amide bonds. The van der Waals surface area contributed by atoms with Crippen LogP contribution in [0.5, 0.6) is 5.75 Å². The van der Waals surface area contributed by atoms with Gasteiger partial charge in [0.25, 0.3) is 0 Å². The Morgan fingerprint density at radius 1 is 1.28 bits per heavy atom. The lowest BCUT2D eigenvalue weighted by Crippen LogP contribution is -2.37. The molecule has 1 N–H and O–H groups in total. The zero-order valence-corrected chi connectivity index (χ0v) is 16.5. The first kappa shape index (κ1) is 19.2. The van der Waals surface area contributed by atoms with Crippen molar-refractivity contribution in [2.45, 2.75) is 39.2 Å². The summed E-state index contributed by atoms with van der Waals surface area (Å²) in [5.41, 5.74) is 3.53. The molecule has 1 fully saturated rings. The first-order valence-electron chi connectivity index (χ1n) is 10.00. The first-order chi connectivity index (χ1) is 14.1. The first-order valence-corrected chi connectivity index (χ1v) is 10.00. The van der Waals surface area contributed by atoms with Gasteiger partial charge in [0.1, 0.15) is 12.4 Å². The van der Waals surface area contributed by atoms with Gasteiger partial charge in [0.05, 0.1) is 11.4 Å². The van der Waals surface area contributed by atoms with Gasteiger partial charge < -0.3 is 19.3 Å². The summed E-state index contributed by atoms with van der Waals surface area (Å²) in [5, 5.41) is 14.4. The largest absolute Gasteiger partial charge is 0.487 e. The van der Waals surface area contributed by atoms with Crippen LogP contribution in [0.3, 0.4) is 0 Å². The number of rotatable bonds is 6. The molecule has 3 aromatic rings. The van der Waals surface area contributed by atoms with Gasteiger partial charge in [-0.15, -0.1) is 0 Å². The Labute approximate surface area is 169 Å². The Kier molecular flexibility index (Phi) is 5.64. The van der Waals surface area contributed by atoms with Crippen LogP contribution >= 0.6 is 0 Å². The Hall–Kier alpha value is -3.09. The predicted octanol–water partition coefficient (Wildman–Crippen LogP) is 4.43. The smallest absolute Gasteiger partial charge is 0.407 e. The fraction of sp³-hybridized carbons (Fsp3) is 0.409. The van der Waals surface area contributed by atoms with Crippen LogP contribution in [0.25, 0.3) is 11.0 Å². The van der Waals surface area contributed by atoms with Gasteiger partial charge in [-0.2, -0.15) is 0 Å². The predicted molar refractivity (Wildman–Crippen MR) is 108 cm³/mol. The molecule has 1 saturated heterocycles. The van der Waals surface area contributed by atoms with Crippen LogP contribution in [0.4, 0.5) is 4.79 Å². The standard InChI is InChI=1S/C22H25N3O4/c1-15-20(28-14-17-4-2-3-11-23-17)8-6-18-19(24-29-21(15)18)7-5-16-9-12-25(13-10-16)22(26)27/h2-4,6,8,11,16H,5,7,9-10,12-14H2,1H3,(H,26,27). The lowest BCUT2D eigenvalue weighted by Gasteiger charge is -2.29. The highest BCUT2D eigenvalue weighted by atomic mass is 16.5. The van der Waals surface area contributed by atoms with E-state index in [1.165, 1.54) is 4.90 Å². The Morgan fingerprint density at radius 3 is 2.83 bits per heavy atom. The van der Waals surface area contributed by atoms with Gasteiger partial charge in [-0.05, 0) is 62.8 Å². The molecule has 7 nitrogen and oxygen atoms in total. The Bertz CT molecular complexity index is 978. The summed E-state index contributed by atoms with van der Waals surface area (Å²) in [6.07, 6.45) is 4.58. The van der Waals surface area contributed by atoms with Crippen molar-refractivity contribution in [1.29, 1.82) is 0 Å². The maximum atomic E-state index is 11.0. The molecule has 4 rings (SSSR count). The summed E-state index contributed by atoms with van der Waals surface area (Å²) in [4.78, 5) is 16.8. The van der Waals surface area contributed by atoms with Crippen LogP contribution in [-0.2, 0) is 13.0 Å². The van der Waals surface area contributed by atoms with E-state index in [1.807, 2.05) is 37.3 Å². The van der Waals surface area contributed by atoms with Crippen molar-refractivity contribution in [3.05, 3.63) is 53.5 Å². The average molecular weight is 395 g/mol. The maximum absolute atomic E-state index is 11.0. The van der Waals surface area contributed by atoms with E-state index in [0.29, 0.717) is 25.6 Å². The molecule has 2 aromatic heterocycles. The summed E-state index contributed by atoms with van der Waals surface area (Å²) in [6, 6.07) is 9.73. The highest BCUT2D eigenvalue weighted by Gasteiger charge is 2.23. The summed E-state index contributed by atoms with van der Waals surface area (Å²) < 4.78 is 11.6. The fourth-order valence-electron chi connectivity index (χ4n) is 3.89. The van der Waals surface area contributed by atoms with E-state index >= 15 is 0 Å². The van der Waals surface area contributed by atoms with Crippen molar-refractivity contribution in [3.63, 3.8) is 0 Å². The molecule has 0 bridgehead atoms. The second-order valence-electron chi connectivity index (χ2n) is 7.56. The number of aromatic nitrogens is 2. The summed E-state index contributed by atoms with van der Waals surface area (Å²) in [5.74, 6) is 1.30. The van der Waals surface area contributed by atoms with E-state index in [1.54, 1.807) is 6.20 Å². The third-order valence-corrected chi connectivity index (χ3v) is 5.69. The molecule has 1 aromatic carbocycles. The van der Waals surface area contributed by atoms with E-state index in [9.17, 15) is 4.79 Å². The molecule has 0 saturated carbocycles. The quantitative estimate of drug-likeness (QED) is 0.664. The van der Waals surface area contributed by atoms with Gasteiger partial charge in [-0.3, -0.25) is 4.98 Å². The zero-order valence-electron chi connectivity index (χ0n) is 16.5. The number of likely N-dealkylation sites (tertiary alicyclic amines) is 1. The fourth-order valence-corrected chi connectivity index (χ4v) is 3.89. The molecule has 0 aliphatic carbocycles. The number of hydrogen-bond donors (Lipinski definition) is 1.